The fourth-order valence-corrected chi connectivity index (χ4v) is 3.22. The van der Waals surface area contributed by atoms with Crippen molar-refractivity contribution in [2.45, 2.75) is 57.4 Å². The molecule has 20 heavy (non-hydrogen) atoms. The highest BCUT2D eigenvalue weighted by atomic mass is 16.5. The lowest BCUT2D eigenvalue weighted by atomic mass is 9.76. The van der Waals surface area contributed by atoms with E-state index in [-0.39, 0.29) is 5.54 Å². The van der Waals surface area contributed by atoms with Crippen LogP contribution >= 0.6 is 0 Å². The van der Waals surface area contributed by atoms with Crippen LogP contribution in [0.1, 0.15) is 63.0 Å². The molecule has 0 aliphatic heterocycles. The monoisotopic (exact) mass is 277 g/mol. The zero-order valence-electron chi connectivity index (χ0n) is 13.2. The molecule has 3 heteroatoms. The van der Waals surface area contributed by atoms with Crippen LogP contribution in [0.25, 0.3) is 0 Å². The average Bonchev–Trinajstić information content (AvgIpc) is 2.46. The van der Waals surface area contributed by atoms with E-state index in [0.717, 1.165) is 29.9 Å². The molecule has 112 valence electrons. The number of nitrogens with two attached hydrogens (primary N) is 1. The summed E-state index contributed by atoms with van der Waals surface area (Å²) in [7, 11) is 3.42. The number of rotatable bonds is 4. The molecule has 2 N–H and O–H groups in total. The van der Waals surface area contributed by atoms with Crippen LogP contribution in [0.3, 0.4) is 0 Å². The van der Waals surface area contributed by atoms with Crippen LogP contribution in [0.5, 0.6) is 11.5 Å². The quantitative estimate of drug-likeness (QED) is 0.906. The summed E-state index contributed by atoms with van der Waals surface area (Å²) in [5.41, 5.74) is 8.80. The Morgan fingerprint density at radius 3 is 2.10 bits per heavy atom. The molecule has 0 amide bonds. The maximum atomic E-state index is 6.70. The summed E-state index contributed by atoms with van der Waals surface area (Å²) in [5, 5.41) is 0. The van der Waals surface area contributed by atoms with Gasteiger partial charge < -0.3 is 15.2 Å². The summed E-state index contributed by atoms with van der Waals surface area (Å²) in [4.78, 5) is 0. The molecule has 1 aliphatic carbocycles. The van der Waals surface area contributed by atoms with Gasteiger partial charge in [-0.2, -0.15) is 0 Å². The zero-order chi connectivity index (χ0) is 14.8. The van der Waals surface area contributed by atoms with E-state index in [0.29, 0.717) is 5.92 Å². The number of hydrogen-bond donors (Lipinski definition) is 1. The van der Waals surface area contributed by atoms with E-state index in [1.807, 2.05) is 6.07 Å². The molecule has 1 aromatic rings. The van der Waals surface area contributed by atoms with Gasteiger partial charge in [-0.3, -0.25) is 0 Å². The van der Waals surface area contributed by atoms with Gasteiger partial charge in [0.05, 0.1) is 14.2 Å². The Balaban J connectivity index is 2.52. The molecule has 0 unspecified atom stereocenters. The predicted molar refractivity (Wildman–Crippen MR) is 82.6 cm³/mol. The highest BCUT2D eigenvalue weighted by Crippen LogP contribution is 2.43. The molecule has 1 aromatic carbocycles. The predicted octanol–water partition coefficient (Wildman–Crippen LogP) is 3.95. The first-order valence-electron chi connectivity index (χ1n) is 7.57. The molecule has 0 saturated heterocycles. The van der Waals surface area contributed by atoms with E-state index in [1.165, 1.54) is 24.8 Å². The number of ether oxygens (including phenoxy) is 2. The molecular weight excluding hydrogens is 250 g/mol. The average molecular weight is 277 g/mol. The summed E-state index contributed by atoms with van der Waals surface area (Å²) in [6.07, 6.45) is 5.75. The second-order valence-electron chi connectivity index (χ2n) is 6.17. The zero-order valence-corrected chi connectivity index (χ0v) is 13.2. The summed E-state index contributed by atoms with van der Waals surface area (Å²) < 4.78 is 11.1. The molecule has 1 aliphatic rings. The van der Waals surface area contributed by atoms with Crippen molar-refractivity contribution in [2.24, 2.45) is 5.73 Å². The largest absolute Gasteiger partial charge is 0.496 e. The van der Waals surface area contributed by atoms with Gasteiger partial charge in [-0.05, 0) is 30.4 Å². The van der Waals surface area contributed by atoms with Crippen LogP contribution in [-0.2, 0) is 5.54 Å². The Bertz CT molecular complexity index is 462. The molecule has 0 aromatic heterocycles. The number of methoxy groups -OCH3 is 2. The molecule has 1 saturated carbocycles. The Morgan fingerprint density at radius 2 is 1.60 bits per heavy atom. The summed E-state index contributed by atoms with van der Waals surface area (Å²) in [6.45, 7) is 4.36. The van der Waals surface area contributed by atoms with Crippen molar-refractivity contribution < 1.29 is 9.47 Å². The van der Waals surface area contributed by atoms with Gasteiger partial charge in [0.15, 0.2) is 0 Å². The Morgan fingerprint density at radius 1 is 1.00 bits per heavy atom. The van der Waals surface area contributed by atoms with Gasteiger partial charge in [-0.25, -0.2) is 0 Å². The third kappa shape index (κ3) is 2.78. The molecule has 0 spiro atoms. The topological polar surface area (TPSA) is 44.5 Å². The van der Waals surface area contributed by atoms with Crippen molar-refractivity contribution in [2.75, 3.05) is 14.2 Å². The lowest BCUT2D eigenvalue weighted by Gasteiger charge is -2.35. The first-order valence-corrected chi connectivity index (χ1v) is 7.57. The van der Waals surface area contributed by atoms with Gasteiger partial charge in [0.1, 0.15) is 11.5 Å². The normalized spacial score (nSPS) is 18.1. The van der Waals surface area contributed by atoms with Crippen LogP contribution in [0.4, 0.5) is 0 Å². The maximum Gasteiger partial charge on any atom is 0.127 e. The van der Waals surface area contributed by atoms with Gasteiger partial charge in [0.25, 0.3) is 0 Å². The standard InChI is InChI=1S/C17H27NO2/c1-12(2)13-10-14(16(20-4)11-15(13)19-3)17(18)8-6-5-7-9-17/h10-12H,5-9,18H2,1-4H3. The second kappa shape index (κ2) is 6.04. The molecule has 0 atom stereocenters. The van der Waals surface area contributed by atoms with Gasteiger partial charge in [0, 0.05) is 17.2 Å². The molecule has 3 nitrogen and oxygen atoms in total. The third-order valence-electron chi connectivity index (χ3n) is 4.46. The van der Waals surface area contributed by atoms with Crippen molar-refractivity contribution in [3.05, 3.63) is 23.3 Å². The van der Waals surface area contributed by atoms with Gasteiger partial charge in [0.2, 0.25) is 0 Å². The molecule has 0 radical (unpaired) electrons. The van der Waals surface area contributed by atoms with Crippen LogP contribution < -0.4 is 15.2 Å². The van der Waals surface area contributed by atoms with E-state index in [1.54, 1.807) is 14.2 Å². The Kier molecular flexibility index (Phi) is 4.59. The molecule has 2 rings (SSSR count). The van der Waals surface area contributed by atoms with Crippen molar-refractivity contribution >= 4 is 0 Å². The number of hydrogen-bond acceptors (Lipinski definition) is 3. The van der Waals surface area contributed by atoms with E-state index in [9.17, 15) is 0 Å². The smallest absolute Gasteiger partial charge is 0.127 e. The van der Waals surface area contributed by atoms with E-state index >= 15 is 0 Å². The summed E-state index contributed by atoms with van der Waals surface area (Å²) in [6, 6.07) is 4.20. The van der Waals surface area contributed by atoms with Gasteiger partial charge >= 0.3 is 0 Å². The minimum Gasteiger partial charge on any atom is -0.496 e. The first-order chi connectivity index (χ1) is 9.51. The highest BCUT2D eigenvalue weighted by molar-refractivity contribution is 5.50. The fourth-order valence-electron chi connectivity index (χ4n) is 3.22. The summed E-state index contributed by atoms with van der Waals surface area (Å²) in [5.74, 6) is 2.15. The first kappa shape index (κ1) is 15.2. The fraction of sp³-hybridized carbons (Fsp3) is 0.647. The molecule has 1 fully saturated rings. The van der Waals surface area contributed by atoms with Crippen LogP contribution in [0, 0.1) is 0 Å². The van der Waals surface area contributed by atoms with E-state index < -0.39 is 0 Å². The van der Waals surface area contributed by atoms with Crippen LogP contribution in [-0.4, -0.2) is 14.2 Å². The lowest BCUT2D eigenvalue weighted by Crippen LogP contribution is -2.39. The second-order valence-corrected chi connectivity index (χ2v) is 6.17. The Hall–Kier alpha value is -1.22. The van der Waals surface area contributed by atoms with Crippen molar-refractivity contribution in [1.82, 2.24) is 0 Å². The Labute approximate surface area is 122 Å². The van der Waals surface area contributed by atoms with Crippen LogP contribution in [0.15, 0.2) is 12.1 Å². The SMILES string of the molecule is COc1cc(OC)c(C2(N)CCCCC2)cc1C(C)C. The van der Waals surface area contributed by atoms with Gasteiger partial charge in [-0.15, -0.1) is 0 Å². The maximum absolute atomic E-state index is 6.70. The van der Waals surface area contributed by atoms with Crippen molar-refractivity contribution in [3.8, 4) is 11.5 Å². The van der Waals surface area contributed by atoms with Crippen molar-refractivity contribution in [1.29, 1.82) is 0 Å². The minimum atomic E-state index is -0.250. The molecule has 0 heterocycles. The van der Waals surface area contributed by atoms with Gasteiger partial charge in [-0.1, -0.05) is 33.1 Å². The van der Waals surface area contributed by atoms with Crippen LogP contribution in [0.2, 0.25) is 0 Å². The van der Waals surface area contributed by atoms with E-state index in [4.69, 9.17) is 15.2 Å². The molecule has 0 bridgehead atoms. The summed E-state index contributed by atoms with van der Waals surface area (Å²) >= 11 is 0. The van der Waals surface area contributed by atoms with E-state index in [2.05, 4.69) is 19.9 Å². The number of benzene rings is 1. The molecular formula is C17H27NO2. The highest BCUT2D eigenvalue weighted by Gasteiger charge is 2.33. The third-order valence-corrected chi connectivity index (χ3v) is 4.46. The van der Waals surface area contributed by atoms with Crippen molar-refractivity contribution in [3.63, 3.8) is 0 Å². The lowest BCUT2D eigenvalue weighted by molar-refractivity contribution is 0.287. The minimum absolute atomic E-state index is 0.250.